The first kappa shape index (κ1) is 12.8. The number of halogens is 1. The van der Waals surface area contributed by atoms with Crippen LogP contribution in [0.2, 0.25) is 0 Å². The van der Waals surface area contributed by atoms with Gasteiger partial charge in [0.2, 0.25) is 0 Å². The number of nitrogens with zero attached hydrogens (tertiary/aromatic N) is 1. The number of hydrogen-bond donors (Lipinski definition) is 2. The summed E-state index contributed by atoms with van der Waals surface area (Å²) in [6, 6.07) is 3.67. The Morgan fingerprint density at radius 3 is 2.88 bits per heavy atom. The van der Waals surface area contributed by atoms with Gasteiger partial charge in [-0.25, -0.2) is 0 Å². The van der Waals surface area contributed by atoms with E-state index >= 15 is 0 Å². The van der Waals surface area contributed by atoms with E-state index in [0.717, 1.165) is 8.80 Å². The summed E-state index contributed by atoms with van der Waals surface area (Å²) in [5.74, 6) is 0.198. The maximum absolute atomic E-state index is 11.2. The van der Waals surface area contributed by atoms with E-state index < -0.39 is 6.03 Å². The zero-order chi connectivity index (χ0) is 12.4. The summed E-state index contributed by atoms with van der Waals surface area (Å²) >= 11 is 2.14. The summed E-state index contributed by atoms with van der Waals surface area (Å²) in [5.41, 5.74) is 5.25. The number of hydrogen-bond acceptors (Lipinski definition) is 3. The van der Waals surface area contributed by atoms with Crippen molar-refractivity contribution in [3.63, 3.8) is 0 Å². The second-order valence-corrected chi connectivity index (χ2v) is 8.58. The fourth-order valence-corrected chi connectivity index (χ4v) is 5.31. The maximum atomic E-state index is 11.2. The Balaban J connectivity index is 2.04. The van der Waals surface area contributed by atoms with E-state index in [1.807, 2.05) is 0 Å². The fraction of sp³-hybridized carbons (Fsp3) is 0.455. The number of amides is 2. The zero-order valence-electron chi connectivity index (χ0n) is 9.57. The van der Waals surface area contributed by atoms with Gasteiger partial charge in [0.1, 0.15) is 0 Å². The van der Waals surface area contributed by atoms with Crippen LogP contribution in [-0.2, 0) is 6.54 Å². The quantitative estimate of drug-likeness (QED) is 0.312. The van der Waals surface area contributed by atoms with Gasteiger partial charge < -0.3 is 0 Å². The van der Waals surface area contributed by atoms with Gasteiger partial charge in [-0.2, -0.15) is 0 Å². The molecule has 4 nitrogen and oxygen atoms in total. The molecule has 1 saturated heterocycles. The summed E-state index contributed by atoms with van der Waals surface area (Å²) in [7, 11) is 0. The number of rotatable bonds is 3. The van der Waals surface area contributed by atoms with Gasteiger partial charge in [0.25, 0.3) is 0 Å². The van der Waals surface area contributed by atoms with Gasteiger partial charge in [0.15, 0.2) is 0 Å². The number of carbonyl (C=O) groups excluding carboxylic acids is 1. The summed E-state index contributed by atoms with van der Waals surface area (Å²) < 4.78 is 2.26. The van der Waals surface area contributed by atoms with Crippen LogP contribution in [0.25, 0.3) is 0 Å². The van der Waals surface area contributed by atoms with Gasteiger partial charge in [0.05, 0.1) is 0 Å². The van der Waals surface area contributed by atoms with Gasteiger partial charge in [-0.3, -0.25) is 0 Å². The first-order valence-corrected chi connectivity index (χ1v) is 8.95. The van der Waals surface area contributed by atoms with Crippen LogP contribution in [0.15, 0.2) is 12.1 Å². The van der Waals surface area contributed by atoms with Gasteiger partial charge in [-0.15, -0.1) is 0 Å². The molecule has 0 radical (unpaired) electrons. The van der Waals surface area contributed by atoms with Crippen LogP contribution in [0.4, 0.5) is 4.79 Å². The third kappa shape index (κ3) is 2.98. The number of urea groups is 1. The number of carbonyl (C=O) groups is 1. The van der Waals surface area contributed by atoms with E-state index in [4.69, 9.17) is 11.1 Å². The average Bonchev–Trinajstić information content (AvgIpc) is 2.58. The molecular weight excluding hydrogens is 349 g/mol. The third-order valence-electron chi connectivity index (χ3n) is 2.63. The van der Waals surface area contributed by atoms with Crippen LogP contribution in [0.3, 0.4) is 0 Å². The number of primary amides is 1. The summed E-state index contributed by atoms with van der Waals surface area (Å²) in [6.45, 7) is 2.01. The van der Waals surface area contributed by atoms with E-state index in [1.54, 1.807) is 18.3 Å². The molecule has 2 amide bonds. The van der Waals surface area contributed by atoms with Crippen molar-refractivity contribution in [1.29, 1.82) is 5.41 Å². The van der Waals surface area contributed by atoms with E-state index in [1.165, 1.54) is 20.6 Å². The molecule has 94 valence electrons. The van der Waals surface area contributed by atoms with E-state index in [0.29, 0.717) is 27.7 Å². The van der Waals surface area contributed by atoms with Crippen molar-refractivity contribution < 1.29 is 26.0 Å². The van der Waals surface area contributed by atoms with Crippen molar-refractivity contribution in [2.24, 2.45) is 5.73 Å². The number of amidine groups is 1. The number of alkyl halides is 2. The Morgan fingerprint density at radius 2 is 2.41 bits per heavy atom. The van der Waals surface area contributed by atoms with Gasteiger partial charge in [-0.05, 0) is 0 Å². The minimum absolute atomic E-state index is 0.198. The van der Waals surface area contributed by atoms with Crippen molar-refractivity contribution in [3.05, 3.63) is 21.9 Å². The van der Waals surface area contributed by atoms with E-state index in [9.17, 15) is 4.79 Å². The Morgan fingerprint density at radius 1 is 1.71 bits per heavy atom. The Kier molecular flexibility index (Phi) is 4.03. The second-order valence-electron chi connectivity index (χ2n) is 3.91. The van der Waals surface area contributed by atoms with Gasteiger partial charge >= 0.3 is 115 Å². The Bertz CT molecular complexity index is 428. The van der Waals surface area contributed by atoms with Crippen LogP contribution in [-0.4, -0.2) is 21.2 Å². The van der Waals surface area contributed by atoms with E-state index in [2.05, 4.69) is 12.1 Å². The number of thiophene rings is 1. The molecule has 1 aromatic rings. The topological polar surface area (TPSA) is 70.2 Å². The number of nitrogens with one attached hydrogen (secondary N) is 1. The monoisotopic (exact) mass is 364 g/mol. The molecule has 3 N–H and O–H groups in total. The molecule has 1 fully saturated rings. The molecule has 2 heterocycles. The molecule has 1 aliphatic rings. The molecule has 0 saturated carbocycles. The molecule has 1 aliphatic heterocycles. The van der Waals surface area contributed by atoms with Crippen molar-refractivity contribution in [3.8, 4) is 0 Å². The minimum atomic E-state index is -0.552. The van der Waals surface area contributed by atoms with Crippen molar-refractivity contribution in [2.75, 3.05) is 4.43 Å². The van der Waals surface area contributed by atoms with E-state index in [-0.39, 0.29) is 5.84 Å². The Hall–Kier alpha value is -0.630. The van der Waals surface area contributed by atoms with Crippen LogP contribution in [0, 0.1) is 5.41 Å². The molecule has 0 aromatic carbocycles. The second kappa shape index (κ2) is 5.34. The fourth-order valence-electron chi connectivity index (χ4n) is 1.60. The summed E-state index contributed by atoms with van der Waals surface area (Å²) in [6.07, 6.45) is 1.33. The van der Waals surface area contributed by atoms with Gasteiger partial charge in [0, 0.05) is 0 Å². The zero-order valence-corrected chi connectivity index (χ0v) is 12.5. The molecule has 17 heavy (non-hydrogen) atoms. The standard InChI is InChI=1S/C11H15IN3OS/c1-7(13)15(11(14)16)6-8-2-3-10(17-8)9-4-5-12-9/h2-3,9,13H,4-6H2,1H3,(H2,14,16)/q-1. The van der Waals surface area contributed by atoms with Gasteiger partial charge in [-0.1, -0.05) is 0 Å². The molecule has 1 unspecified atom stereocenters. The molecule has 1 atom stereocenters. The predicted molar refractivity (Wildman–Crippen MR) is 65.1 cm³/mol. The van der Waals surface area contributed by atoms with Crippen molar-refractivity contribution in [2.45, 2.75) is 23.8 Å². The Labute approximate surface area is 115 Å². The molecule has 0 bridgehead atoms. The molecule has 6 heteroatoms. The van der Waals surface area contributed by atoms with Crippen LogP contribution in [0.5, 0.6) is 0 Å². The first-order valence-electron chi connectivity index (χ1n) is 5.36. The van der Waals surface area contributed by atoms with Crippen LogP contribution >= 0.6 is 11.3 Å². The summed E-state index contributed by atoms with van der Waals surface area (Å²) in [4.78, 5) is 15.0. The first-order chi connectivity index (χ1) is 8.08. The van der Waals surface area contributed by atoms with Crippen LogP contribution < -0.4 is 26.9 Å². The average molecular weight is 364 g/mol. The summed E-state index contributed by atoms with van der Waals surface area (Å²) in [5, 5.41) is 7.51. The predicted octanol–water partition coefficient (Wildman–Crippen LogP) is -0.840. The number of nitrogens with two attached hydrogens (primary N) is 1. The molecule has 0 aliphatic carbocycles. The van der Waals surface area contributed by atoms with Crippen molar-refractivity contribution >= 4 is 23.2 Å². The SMILES string of the molecule is CC(=N)N(Cc1ccc(C2CC[I-]2)s1)C(N)=O. The van der Waals surface area contributed by atoms with Crippen molar-refractivity contribution in [1.82, 2.24) is 4.90 Å². The normalized spacial score (nSPS) is 19.0. The molecule has 2 rings (SSSR count). The molecule has 1 aromatic heterocycles. The van der Waals surface area contributed by atoms with Crippen LogP contribution in [0.1, 0.15) is 27.0 Å². The molecular formula is C11H15IN3OS-. The molecule has 0 spiro atoms. The third-order valence-corrected chi connectivity index (χ3v) is 7.84.